The van der Waals surface area contributed by atoms with Crippen molar-refractivity contribution in [1.82, 2.24) is 0 Å². The van der Waals surface area contributed by atoms with E-state index in [0.29, 0.717) is 0 Å². The Morgan fingerprint density at radius 1 is 1.67 bits per heavy atom. The molecular formula is C8H6FNO2. The van der Waals surface area contributed by atoms with Crippen LogP contribution in [0.15, 0.2) is 24.3 Å². The van der Waals surface area contributed by atoms with E-state index in [9.17, 15) is 9.18 Å². The predicted molar refractivity (Wildman–Crippen MR) is 38.9 cm³/mol. The summed E-state index contributed by atoms with van der Waals surface area (Å²) in [7, 11) is 0. The van der Waals surface area contributed by atoms with E-state index in [1.807, 2.05) is 0 Å². The molecule has 0 spiro atoms. The van der Waals surface area contributed by atoms with Gasteiger partial charge >= 0.3 is 5.97 Å². The van der Waals surface area contributed by atoms with Gasteiger partial charge in [-0.1, -0.05) is 18.2 Å². The topological polar surface area (TPSA) is 61.1 Å². The minimum Gasteiger partial charge on any atom is -0.481 e. The number of nitrogens with zero attached hydrogens (tertiary/aromatic N) is 1. The highest BCUT2D eigenvalue weighted by Gasteiger charge is 2.41. The summed E-state index contributed by atoms with van der Waals surface area (Å²) in [4.78, 5) is 10.5. The van der Waals surface area contributed by atoms with Crippen molar-refractivity contribution in [2.24, 2.45) is 5.92 Å². The molecular weight excluding hydrogens is 161 g/mol. The quantitative estimate of drug-likeness (QED) is 0.634. The zero-order valence-electron chi connectivity index (χ0n) is 6.07. The van der Waals surface area contributed by atoms with E-state index in [1.54, 1.807) is 0 Å². The molecule has 0 aromatic heterocycles. The second kappa shape index (κ2) is 2.78. The summed E-state index contributed by atoms with van der Waals surface area (Å²) in [6, 6.07) is 1.33. The zero-order valence-corrected chi connectivity index (χ0v) is 6.07. The van der Waals surface area contributed by atoms with Gasteiger partial charge in [0.25, 0.3) is 0 Å². The van der Waals surface area contributed by atoms with Gasteiger partial charge in [0.05, 0.1) is 0 Å². The fourth-order valence-electron chi connectivity index (χ4n) is 0.983. The van der Waals surface area contributed by atoms with Crippen LogP contribution in [0.2, 0.25) is 0 Å². The number of rotatable bonds is 1. The van der Waals surface area contributed by atoms with Crippen molar-refractivity contribution in [3.8, 4) is 6.07 Å². The molecule has 2 unspecified atom stereocenters. The summed E-state index contributed by atoms with van der Waals surface area (Å²) < 4.78 is 13.3. The van der Waals surface area contributed by atoms with E-state index < -0.39 is 17.6 Å². The van der Waals surface area contributed by atoms with Crippen LogP contribution in [-0.2, 0) is 4.79 Å². The molecule has 0 radical (unpaired) electrons. The van der Waals surface area contributed by atoms with Crippen LogP contribution in [0, 0.1) is 17.2 Å². The normalized spacial score (nSPS) is 32.8. The monoisotopic (exact) mass is 167 g/mol. The number of halogens is 1. The molecule has 12 heavy (non-hydrogen) atoms. The number of alkyl halides is 1. The van der Waals surface area contributed by atoms with Gasteiger partial charge in [0.1, 0.15) is 12.0 Å². The summed E-state index contributed by atoms with van der Waals surface area (Å²) in [6.45, 7) is 0. The third kappa shape index (κ3) is 1.21. The van der Waals surface area contributed by atoms with Gasteiger partial charge in [-0.3, -0.25) is 4.79 Å². The molecule has 1 N–H and O–H groups in total. The summed E-state index contributed by atoms with van der Waals surface area (Å²) in [5, 5.41) is 16.9. The molecule has 0 saturated heterocycles. The van der Waals surface area contributed by atoms with Crippen LogP contribution < -0.4 is 0 Å². The lowest BCUT2D eigenvalue weighted by Gasteiger charge is -2.20. The highest BCUT2D eigenvalue weighted by atomic mass is 19.1. The number of allylic oxidation sites excluding steroid dienone is 3. The Bertz CT molecular complexity index is 303. The molecule has 0 saturated carbocycles. The number of hydrogen-bond donors (Lipinski definition) is 1. The number of hydrogen-bond acceptors (Lipinski definition) is 2. The third-order valence-electron chi connectivity index (χ3n) is 1.64. The molecule has 1 rings (SSSR count). The molecule has 2 atom stereocenters. The second-order valence-corrected chi connectivity index (χ2v) is 2.44. The number of aliphatic carboxylic acids is 1. The molecule has 0 aliphatic heterocycles. The Balaban J connectivity index is 3.02. The van der Waals surface area contributed by atoms with Gasteiger partial charge in [-0.15, -0.1) is 0 Å². The van der Waals surface area contributed by atoms with E-state index in [4.69, 9.17) is 10.4 Å². The molecule has 62 valence electrons. The first-order valence-corrected chi connectivity index (χ1v) is 3.29. The highest BCUT2D eigenvalue weighted by Crippen LogP contribution is 2.28. The molecule has 0 aromatic rings. The molecule has 0 fully saturated rings. The van der Waals surface area contributed by atoms with E-state index in [0.717, 1.165) is 12.2 Å². The maximum absolute atomic E-state index is 13.3. The molecule has 4 heteroatoms. The molecule has 0 heterocycles. The van der Waals surface area contributed by atoms with Crippen LogP contribution in [0.4, 0.5) is 4.39 Å². The van der Waals surface area contributed by atoms with Gasteiger partial charge < -0.3 is 5.11 Å². The first-order valence-electron chi connectivity index (χ1n) is 3.29. The Morgan fingerprint density at radius 3 is 2.75 bits per heavy atom. The maximum atomic E-state index is 13.3. The molecule has 0 bridgehead atoms. The first kappa shape index (κ1) is 8.47. The van der Waals surface area contributed by atoms with Crippen LogP contribution >= 0.6 is 0 Å². The Kier molecular flexibility index (Phi) is 1.96. The summed E-state index contributed by atoms with van der Waals surface area (Å²) in [6.07, 6.45) is 4.84. The van der Waals surface area contributed by atoms with Crippen molar-refractivity contribution in [1.29, 1.82) is 5.26 Å². The fourth-order valence-corrected chi connectivity index (χ4v) is 0.983. The number of nitriles is 1. The lowest BCUT2D eigenvalue weighted by Crippen LogP contribution is -2.35. The average Bonchev–Trinajstić information content (AvgIpc) is 2.05. The van der Waals surface area contributed by atoms with Crippen molar-refractivity contribution in [2.45, 2.75) is 5.67 Å². The van der Waals surface area contributed by atoms with Crippen molar-refractivity contribution in [3.05, 3.63) is 24.3 Å². The van der Waals surface area contributed by atoms with Crippen LogP contribution in [0.3, 0.4) is 0 Å². The molecule has 1 aliphatic rings. The van der Waals surface area contributed by atoms with Crippen molar-refractivity contribution in [2.75, 3.05) is 0 Å². The smallest absolute Gasteiger partial charge is 0.315 e. The van der Waals surface area contributed by atoms with Crippen molar-refractivity contribution < 1.29 is 14.3 Å². The average molecular weight is 167 g/mol. The van der Waals surface area contributed by atoms with Crippen LogP contribution in [0.5, 0.6) is 0 Å². The number of carboxylic acid groups (broad SMARTS) is 1. The standard InChI is InChI=1S/C8H6FNO2/c9-8(5-10)4-2-1-3-6(8)7(11)12/h1-4,6H,(H,11,12). The van der Waals surface area contributed by atoms with Gasteiger partial charge in [-0.25, -0.2) is 4.39 Å². The highest BCUT2D eigenvalue weighted by molar-refractivity contribution is 5.76. The number of carbonyl (C=O) groups is 1. The minimum atomic E-state index is -2.40. The fraction of sp³-hybridized carbons (Fsp3) is 0.250. The minimum absolute atomic E-state index is 0.950. The van der Waals surface area contributed by atoms with Gasteiger partial charge in [-0.05, 0) is 6.08 Å². The summed E-state index contributed by atoms with van der Waals surface area (Å²) >= 11 is 0. The predicted octanol–water partition coefficient (Wildman–Crippen LogP) is 1.05. The Hall–Kier alpha value is -1.63. The van der Waals surface area contributed by atoms with Crippen molar-refractivity contribution >= 4 is 5.97 Å². The van der Waals surface area contributed by atoms with Crippen LogP contribution in [-0.4, -0.2) is 16.7 Å². The lowest BCUT2D eigenvalue weighted by molar-refractivity contribution is -0.142. The van der Waals surface area contributed by atoms with Crippen LogP contribution in [0.25, 0.3) is 0 Å². The largest absolute Gasteiger partial charge is 0.481 e. The van der Waals surface area contributed by atoms with Crippen molar-refractivity contribution in [3.63, 3.8) is 0 Å². The van der Waals surface area contributed by atoms with Gasteiger partial charge in [0.2, 0.25) is 5.67 Å². The van der Waals surface area contributed by atoms with Gasteiger partial charge in [0, 0.05) is 0 Å². The van der Waals surface area contributed by atoms with E-state index in [2.05, 4.69) is 0 Å². The van der Waals surface area contributed by atoms with E-state index in [-0.39, 0.29) is 0 Å². The second-order valence-electron chi connectivity index (χ2n) is 2.44. The molecule has 0 aromatic carbocycles. The summed E-state index contributed by atoms with van der Waals surface area (Å²) in [5.41, 5.74) is -2.40. The molecule has 3 nitrogen and oxygen atoms in total. The van der Waals surface area contributed by atoms with E-state index in [1.165, 1.54) is 18.2 Å². The Labute approximate surface area is 68.4 Å². The maximum Gasteiger partial charge on any atom is 0.315 e. The number of carboxylic acids is 1. The SMILES string of the molecule is N#CC1(F)C=CC=CC1C(=O)O. The van der Waals surface area contributed by atoms with E-state index >= 15 is 0 Å². The van der Waals surface area contributed by atoms with Gasteiger partial charge in [-0.2, -0.15) is 5.26 Å². The molecule has 0 amide bonds. The lowest BCUT2D eigenvalue weighted by atomic mass is 9.87. The zero-order chi connectivity index (χ0) is 9.19. The van der Waals surface area contributed by atoms with Gasteiger partial charge in [0.15, 0.2) is 0 Å². The first-order chi connectivity index (χ1) is 5.60. The third-order valence-corrected chi connectivity index (χ3v) is 1.64. The molecule has 1 aliphatic carbocycles. The summed E-state index contributed by atoms with van der Waals surface area (Å²) in [5.74, 6) is -2.73. The van der Waals surface area contributed by atoms with Crippen LogP contribution in [0.1, 0.15) is 0 Å². The Morgan fingerprint density at radius 2 is 2.33 bits per heavy atom.